The highest BCUT2D eigenvalue weighted by molar-refractivity contribution is 7.89. The van der Waals surface area contributed by atoms with Crippen molar-refractivity contribution in [3.05, 3.63) is 29.8 Å². The summed E-state index contributed by atoms with van der Waals surface area (Å²) in [7, 11) is -1.74. The lowest BCUT2D eigenvalue weighted by molar-refractivity contribution is 0.121. The van der Waals surface area contributed by atoms with Crippen molar-refractivity contribution < 1.29 is 18.3 Å². The predicted octanol–water partition coefficient (Wildman–Crippen LogP) is 1.23. The topological polar surface area (TPSA) is 66.8 Å². The number of hydrogen-bond acceptors (Lipinski definition) is 4. The molecule has 5 nitrogen and oxygen atoms in total. The van der Waals surface area contributed by atoms with Gasteiger partial charge in [-0.15, -0.1) is 0 Å². The highest BCUT2D eigenvalue weighted by Gasteiger charge is 2.29. The van der Waals surface area contributed by atoms with E-state index in [1.54, 1.807) is 31.4 Å². The number of nitrogens with zero attached hydrogens (tertiary/aromatic N) is 1. The van der Waals surface area contributed by atoms with Crippen molar-refractivity contribution in [3.8, 4) is 0 Å². The molecule has 0 radical (unpaired) electrons. The molecule has 2 rings (SSSR count). The van der Waals surface area contributed by atoms with Gasteiger partial charge >= 0.3 is 0 Å². The van der Waals surface area contributed by atoms with E-state index in [1.807, 2.05) is 0 Å². The lowest BCUT2D eigenvalue weighted by Crippen LogP contribution is -2.39. The van der Waals surface area contributed by atoms with Gasteiger partial charge in [0.2, 0.25) is 10.0 Å². The van der Waals surface area contributed by atoms with Crippen molar-refractivity contribution in [1.82, 2.24) is 4.31 Å². The summed E-state index contributed by atoms with van der Waals surface area (Å²) in [5.41, 5.74) is 0.711. The molecule has 20 heavy (non-hydrogen) atoms. The van der Waals surface area contributed by atoms with E-state index < -0.39 is 10.0 Å². The van der Waals surface area contributed by atoms with Crippen molar-refractivity contribution in [2.75, 3.05) is 26.8 Å². The van der Waals surface area contributed by atoms with Crippen LogP contribution in [0.5, 0.6) is 0 Å². The molecule has 1 aliphatic rings. The number of benzene rings is 1. The third-order valence-corrected chi connectivity index (χ3v) is 5.63. The molecule has 1 heterocycles. The normalized spacial score (nSPS) is 18.3. The van der Waals surface area contributed by atoms with E-state index in [4.69, 9.17) is 9.84 Å². The summed E-state index contributed by atoms with van der Waals surface area (Å²) in [5, 5.41) is 8.99. The molecule has 0 saturated carbocycles. The first-order chi connectivity index (χ1) is 9.57. The molecule has 1 saturated heterocycles. The molecule has 0 aliphatic carbocycles. The number of methoxy groups -OCH3 is 1. The maximum absolute atomic E-state index is 12.5. The zero-order valence-electron chi connectivity index (χ0n) is 11.7. The maximum atomic E-state index is 12.5. The van der Waals surface area contributed by atoms with Gasteiger partial charge in [-0.2, -0.15) is 4.31 Å². The summed E-state index contributed by atoms with van der Waals surface area (Å²) in [6.45, 7) is 1.69. The first-order valence-corrected chi connectivity index (χ1v) is 8.21. The molecule has 0 aromatic heterocycles. The molecular formula is C14H21NO4S. The molecule has 1 aromatic carbocycles. The molecule has 0 amide bonds. The van der Waals surface area contributed by atoms with Crippen LogP contribution in [0.1, 0.15) is 18.4 Å². The zero-order valence-corrected chi connectivity index (χ0v) is 12.5. The number of hydrogen-bond donors (Lipinski definition) is 1. The van der Waals surface area contributed by atoms with Gasteiger partial charge in [0.1, 0.15) is 0 Å². The fourth-order valence-corrected chi connectivity index (χ4v) is 3.94. The van der Waals surface area contributed by atoms with Gasteiger partial charge in [0.15, 0.2) is 0 Å². The van der Waals surface area contributed by atoms with Gasteiger partial charge in [-0.25, -0.2) is 8.42 Å². The van der Waals surface area contributed by atoms with E-state index in [2.05, 4.69) is 0 Å². The van der Waals surface area contributed by atoms with Crippen LogP contribution in [0.4, 0.5) is 0 Å². The Balaban J connectivity index is 2.07. The third-order valence-electron chi connectivity index (χ3n) is 3.72. The van der Waals surface area contributed by atoms with Gasteiger partial charge in [-0.1, -0.05) is 12.1 Å². The van der Waals surface area contributed by atoms with Gasteiger partial charge in [0.05, 0.1) is 11.5 Å². The summed E-state index contributed by atoms with van der Waals surface area (Å²) in [5.74, 6) is 0.447. The summed E-state index contributed by atoms with van der Waals surface area (Å²) < 4.78 is 31.6. The van der Waals surface area contributed by atoms with Gasteiger partial charge in [-0.3, -0.25) is 0 Å². The quantitative estimate of drug-likeness (QED) is 0.888. The summed E-state index contributed by atoms with van der Waals surface area (Å²) >= 11 is 0. The van der Waals surface area contributed by atoms with E-state index in [-0.39, 0.29) is 6.61 Å². The zero-order chi connectivity index (χ0) is 14.6. The van der Waals surface area contributed by atoms with Crippen molar-refractivity contribution in [2.24, 2.45) is 5.92 Å². The van der Waals surface area contributed by atoms with E-state index in [1.165, 1.54) is 4.31 Å². The predicted molar refractivity (Wildman–Crippen MR) is 75.7 cm³/mol. The van der Waals surface area contributed by atoms with Crippen LogP contribution < -0.4 is 0 Å². The number of sulfonamides is 1. The fraction of sp³-hybridized carbons (Fsp3) is 0.571. The Morgan fingerprint density at radius 3 is 2.35 bits per heavy atom. The lowest BCUT2D eigenvalue weighted by atomic mass is 9.99. The highest BCUT2D eigenvalue weighted by atomic mass is 32.2. The van der Waals surface area contributed by atoms with Crippen molar-refractivity contribution in [1.29, 1.82) is 0 Å². The van der Waals surface area contributed by atoms with Gasteiger partial charge in [0.25, 0.3) is 0 Å². The van der Waals surface area contributed by atoms with Crippen LogP contribution in [0, 0.1) is 5.92 Å². The number of rotatable bonds is 5. The van der Waals surface area contributed by atoms with Crippen molar-refractivity contribution in [3.63, 3.8) is 0 Å². The standard InChI is InChI=1S/C14H21NO4S/c1-19-11-13-6-8-15(9-7-13)20(17,18)14-4-2-12(10-16)3-5-14/h2-5,13,16H,6-11H2,1H3. The molecule has 0 bridgehead atoms. The van der Waals surface area contributed by atoms with Crippen LogP contribution in [0.2, 0.25) is 0 Å². The SMILES string of the molecule is COCC1CCN(S(=O)(=O)c2ccc(CO)cc2)CC1. The molecule has 112 valence electrons. The van der Waals surface area contributed by atoms with E-state index in [0.717, 1.165) is 12.8 Å². The Hall–Kier alpha value is -0.950. The van der Waals surface area contributed by atoms with Crippen LogP contribution >= 0.6 is 0 Å². The molecule has 0 spiro atoms. The van der Waals surface area contributed by atoms with Crippen LogP contribution in [0.25, 0.3) is 0 Å². The van der Waals surface area contributed by atoms with E-state index >= 15 is 0 Å². The maximum Gasteiger partial charge on any atom is 0.243 e. The Bertz CT molecular complexity index is 519. The van der Waals surface area contributed by atoms with Crippen LogP contribution in [-0.2, 0) is 21.4 Å². The lowest BCUT2D eigenvalue weighted by Gasteiger charge is -2.30. The van der Waals surface area contributed by atoms with Crippen LogP contribution in [0.15, 0.2) is 29.2 Å². The first-order valence-electron chi connectivity index (χ1n) is 6.77. The number of ether oxygens (including phenoxy) is 1. The summed E-state index contributed by atoms with van der Waals surface area (Å²) in [6.07, 6.45) is 1.67. The molecule has 6 heteroatoms. The molecule has 0 atom stereocenters. The van der Waals surface area contributed by atoms with Crippen LogP contribution in [-0.4, -0.2) is 44.6 Å². The average Bonchev–Trinajstić information content (AvgIpc) is 2.48. The number of aliphatic hydroxyl groups is 1. The van der Waals surface area contributed by atoms with Crippen molar-refractivity contribution >= 4 is 10.0 Å². The monoisotopic (exact) mass is 299 g/mol. The van der Waals surface area contributed by atoms with Gasteiger partial charge in [-0.05, 0) is 36.5 Å². The number of piperidine rings is 1. The molecule has 1 fully saturated rings. The first kappa shape index (κ1) is 15.4. The molecule has 1 aromatic rings. The fourth-order valence-electron chi connectivity index (χ4n) is 2.47. The van der Waals surface area contributed by atoms with Gasteiger partial charge < -0.3 is 9.84 Å². The second kappa shape index (κ2) is 6.67. The molecule has 1 aliphatic heterocycles. The summed E-state index contributed by atoms with van der Waals surface area (Å²) in [4.78, 5) is 0.292. The molecular weight excluding hydrogens is 278 g/mol. The minimum Gasteiger partial charge on any atom is -0.392 e. The second-order valence-electron chi connectivity index (χ2n) is 5.10. The van der Waals surface area contributed by atoms with E-state index in [0.29, 0.717) is 36.1 Å². The van der Waals surface area contributed by atoms with Crippen LogP contribution in [0.3, 0.4) is 0 Å². The summed E-state index contributed by atoms with van der Waals surface area (Å²) in [6, 6.07) is 6.40. The third kappa shape index (κ3) is 3.38. The highest BCUT2D eigenvalue weighted by Crippen LogP contribution is 2.24. The second-order valence-corrected chi connectivity index (χ2v) is 7.04. The number of aliphatic hydroxyl groups excluding tert-OH is 1. The Morgan fingerprint density at radius 1 is 1.25 bits per heavy atom. The minimum atomic E-state index is -3.41. The Kier molecular flexibility index (Phi) is 5.15. The minimum absolute atomic E-state index is 0.0806. The van der Waals surface area contributed by atoms with Gasteiger partial charge in [0, 0.05) is 26.8 Å². The average molecular weight is 299 g/mol. The Morgan fingerprint density at radius 2 is 1.85 bits per heavy atom. The smallest absolute Gasteiger partial charge is 0.243 e. The van der Waals surface area contributed by atoms with E-state index in [9.17, 15) is 8.42 Å². The molecule has 1 N–H and O–H groups in total. The molecule has 0 unspecified atom stereocenters. The van der Waals surface area contributed by atoms with Crippen molar-refractivity contribution in [2.45, 2.75) is 24.3 Å². The Labute approximate surface area is 120 Å². The largest absolute Gasteiger partial charge is 0.392 e.